The monoisotopic (exact) mass is 333 g/mol. The molecule has 3 nitrogen and oxygen atoms in total. The molecule has 126 valence electrons. The molecule has 1 aromatic heterocycles. The van der Waals surface area contributed by atoms with Crippen molar-refractivity contribution in [2.75, 3.05) is 25.0 Å². The molecular formula is C21H20FN3. The van der Waals surface area contributed by atoms with Gasteiger partial charge in [-0.2, -0.15) is 0 Å². The van der Waals surface area contributed by atoms with Gasteiger partial charge in [0.15, 0.2) is 0 Å². The van der Waals surface area contributed by atoms with E-state index in [0.29, 0.717) is 5.69 Å². The smallest absolute Gasteiger partial charge is 0.146 e. The van der Waals surface area contributed by atoms with Crippen molar-refractivity contribution in [1.82, 2.24) is 9.88 Å². The summed E-state index contributed by atoms with van der Waals surface area (Å²) in [5.41, 5.74) is 4.92. The molecule has 0 amide bonds. The van der Waals surface area contributed by atoms with E-state index in [1.54, 1.807) is 12.3 Å². The van der Waals surface area contributed by atoms with Crippen LogP contribution in [0, 0.1) is 5.82 Å². The Bertz CT molecular complexity index is 879. The molecule has 1 aliphatic rings. The molecule has 0 unspecified atom stereocenters. The average molecular weight is 333 g/mol. The zero-order valence-corrected chi connectivity index (χ0v) is 14.2. The predicted octanol–water partition coefficient (Wildman–Crippen LogP) is 4.47. The molecule has 25 heavy (non-hydrogen) atoms. The molecule has 0 radical (unpaired) electrons. The fourth-order valence-electron chi connectivity index (χ4n) is 3.35. The highest BCUT2D eigenvalue weighted by atomic mass is 19.1. The number of pyridine rings is 1. The van der Waals surface area contributed by atoms with Crippen molar-refractivity contribution in [3.63, 3.8) is 0 Å². The first-order valence-electron chi connectivity index (χ1n) is 8.47. The quantitative estimate of drug-likeness (QED) is 0.690. The lowest BCUT2D eigenvalue weighted by atomic mass is 10.0. The predicted molar refractivity (Wildman–Crippen MR) is 99.4 cm³/mol. The van der Waals surface area contributed by atoms with Crippen molar-refractivity contribution >= 4 is 11.4 Å². The molecule has 0 saturated carbocycles. The maximum absolute atomic E-state index is 14.4. The van der Waals surface area contributed by atoms with E-state index in [4.69, 9.17) is 0 Å². The van der Waals surface area contributed by atoms with E-state index in [1.165, 1.54) is 11.6 Å². The molecule has 0 bridgehead atoms. The van der Waals surface area contributed by atoms with Crippen molar-refractivity contribution in [2.45, 2.75) is 6.54 Å². The summed E-state index contributed by atoms with van der Waals surface area (Å²) in [5, 5.41) is 0. The molecule has 0 N–H and O–H groups in total. The van der Waals surface area contributed by atoms with Crippen LogP contribution < -0.4 is 4.90 Å². The first-order valence-corrected chi connectivity index (χ1v) is 8.47. The highest BCUT2D eigenvalue weighted by molar-refractivity contribution is 5.72. The van der Waals surface area contributed by atoms with Gasteiger partial charge in [0.1, 0.15) is 5.82 Å². The van der Waals surface area contributed by atoms with E-state index in [1.807, 2.05) is 30.3 Å². The van der Waals surface area contributed by atoms with Gasteiger partial charge >= 0.3 is 0 Å². The zero-order valence-electron chi connectivity index (χ0n) is 14.2. The van der Waals surface area contributed by atoms with Gasteiger partial charge in [-0.25, -0.2) is 4.39 Å². The summed E-state index contributed by atoms with van der Waals surface area (Å²) in [4.78, 5) is 8.79. The summed E-state index contributed by atoms with van der Waals surface area (Å²) in [6, 6.07) is 19.2. The highest BCUT2D eigenvalue weighted by Gasteiger charge is 2.21. The Morgan fingerprint density at radius 1 is 0.920 bits per heavy atom. The van der Waals surface area contributed by atoms with Gasteiger partial charge in [-0.05, 0) is 49.0 Å². The lowest BCUT2D eigenvalue weighted by molar-refractivity contribution is 0.343. The van der Waals surface area contributed by atoms with Crippen molar-refractivity contribution < 1.29 is 4.39 Å². The maximum atomic E-state index is 14.4. The summed E-state index contributed by atoms with van der Waals surface area (Å²) in [6.07, 6.45) is 1.80. The van der Waals surface area contributed by atoms with Gasteiger partial charge < -0.3 is 9.80 Å². The Hall–Kier alpha value is -2.72. The number of hydrogen-bond acceptors (Lipinski definition) is 3. The number of hydrogen-bond donors (Lipinski definition) is 0. The molecule has 0 spiro atoms. The van der Waals surface area contributed by atoms with E-state index < -0.39 is 0 Å². The Balaban J connectivity index is 1.81. The first kappa shape index (κ1) is 15.8. The molecule has 4 rings (SSSR count). The van der Waals surface area contributed by atoms with Gasteiger partial charge in [0, 0.05) is 37.1 Å². The molecule has 4 heteroatoms. The van der Waals surface area contributed by atoms with Crippen LogP contribution in [0.5, 0.6) is 0 Å². The van der Waals surface area contributed by atoms with Crippen LogP contribution in [0.15, 0.2) is 66.9 Å². The summed E-state index contributed by atoms with van der Waals surface area (Å²) < 4.78 is 14.4. The number of anilines is 2. The number of rotatable bonds is 2. The second-order valence-corrected chi connectivity index (χ2v) is 6.40. The fourth-order valence-corrected chi connectivity index (χ4v) is 3.35. The third-order valence-corrected chi connectivity index (χ3v) is 4.62. The van der Waals surface area contributed by atoms with Crippen molar-refractivity contribution in [3.8, 4) is 11.3 Å². The molecular weight excluding hydrogens is 313 g/mol. The molecule has 0 aliphatic carbocycles. The van der Waals surface area contributed by atoms with E-state index in [0.717, 1.165) is 36.6 Å². The van der Waals surface area contributed by atoms with Crippen LogP contribution in [0.3, 0.4) is 0 Å². The van der Waals surface area contributed by atoms with Crippen LogP contribution in [0.25, 0.3) is 11.3 Å². The van der Waals surface area contributed by atoms with Gasteiger partial charge in [-0.3, -0.25) is 4.98 Å². The molecule has 2 heterocycles. The molecule has 0 atom stereocenters. The van der Waals surface area contributed by atoms with Gasteiger partial charge in [-0.1, -0.05) is 24.3 Å². The van der Waals surface area contributed by atoms with Crippen LogP contribution >= 0.6 is 0 Å². The van der Waals surface area contributed by atoms with Gasteiger partial charge in [0.25, 0.3) is 0 Å². The second-order valence-electron chi connectivity index (χ2n) is 6.40. The SMILES string of the molecule is CN1CCN(c2ccccc2F)c2ccc(-c3ccccn3)cc2C1. The van der Waals surface area contributed by atoms with Crippen LogP contribution in [-0.2, 0) is 6.54 Å². The van der Waals surface area contributed by atoms with Gasteiger partial charge in [-0.15, -0.1) is 0 Å². The average Bonchev–Trinajstić information content (AvgIpc) is 2.80. The largest absolute Gasteiger partial charge is 0.338 e. The number of aromatic nitrogens is 1. The number of fused-ring (bicyclic) bond motifs is 1. The first-order chi connectivity index (χ1) is 12.2. The third kappa shape index (κ3) is 3.13. The Labute approximate surface area is 147 Å². The second kappa shape index (κ2) is 6.65. The summed E-state index contributed by atoms with van der Waals surface area (Å²) in [5.74, 6) is -0.188. The van der Waals surface area contributed by atoms with E-state index in [-0.39, 0.29) is 5.82 Å². The third-order valence-electron chi connectivity index (χ3n) is 4.62. The minimum absolute atomic E-state index is 0.188. The zero-order chi connectivity index (χ0) is 17.2. The summed E-state index contributed by atoms with van der Waals surface area (Å²) >= 11 is 0. The highest BCUT2D eigenvalue weighted by Crippen LogP contribution is 2.35. The fraction of sp³-hybridized carbons (Fsp3) is 0.190. The van der Waals surface area contributed by atoms with Crippen LogP contribution in [0.2, 0.25) is 0 Å². The van der Waals surface area contributed by atoms with Crippen LogP contribution in [-0.4, -0.2) is 30.0 Å². The van der Waals surface area contributed by atoms with Crippen molar-refractivity contribution in [1.29, 1.82) is 0 Å². The topological polar surface area (TPSA) is 19.4 Å². The minimum atomic E-state index is -0.188. The number of benzene rings is 2. The molecule has 1 aliphatic heterocycles. The van der Waals surface area contributed by atoms with Crippen molar-refractivity contribution in [3.05, 3.63) is 78.2 Å². The Morgan fingerprint density at radius 2 is 1.76 bits per heavy atom. The molecule has 0 saturated heterocycles. The van der Waals surface area contributed by atoms with Crippen LogP contribution in [0.4, 0.5) is 15.8 Å². The summed E-state index contributed by atoms with van der Waals surface area (Å²) in [7, 11) is 2.10. The van der Waals surface area contributed by atoms with E-state index in [2.05, 4.69) is 40.0 Å². The Kier molecular flexibility index (Phi) is 4.20. The van der Waals surface area contributed by atoms with Crippen molar-refractivity contribution in [2.24, 2.45) is 0 Å². The Morgan fingerprint density at radius 3 is 2.56 bits per heavy atom. The number of halogens is 1. The van der Waals surface area contributed by atoms with E-state index in [9.17, 15) is 4.39 Å². The van der Waals surface area contributed by atoms with E-state index >= 15 is 0 Å². The minimum Gasteiger partial charge on any atom is -0.338 e. The standard InChI is InChI=1S/C21H20FN3/c1-24-12-13-25(21-8-3-2-6-18(21)22)20-10-9-16(14-17(20)15-24)19-7-4-5-11-23-19/h2-11,14H,12-13,15H2,1H3. The summed E-state index contributed by atoms with van der Waals surface area (Å²) in [6.45, 7) is 2.47. The van der Waals surface area contributed by atoms with Crippen LogP contribution in [0.1, 0.15) is 5.56 Å². The maximum Gasteiger partial charge on any atom is 0.146 e. The molecule has 3 aromatic rings. The lowest BCUT2D eigenvalue weighted by Gasteiger charge is -2.25. The van der Waals surface area contributed by atoms with Gasteiger partial charge in [0.2, 0.25) is 0 Å². The lowest BCUT2D eigenvalue weighted by Crippen LogP contribution is -2.26. The normalized spacial score (nSPS) is 14.9. The number of likely N-dealkylation sites (N-methyl/N-ethyl adjacent to an activating group) is 1. The number of nitrogens with zero attached hydrogens (tertiary/aromatic N) is 3. The molecule has 2 aromatic carbocycles. The number of para-hydroxylation sites is 1. The van der Waals surface area contributed by atoms with Gasteiger partial charge in [0.05, 0.1) is 11.4 Å². The molecule has 0 fully saturated rings.